The van der Waals surface area contributed by atoms with Crippen molar-refractivity contribution >= 4 is 0 Å². The quantitative estimate of drug-likeness (QED) is 0.707. The molecule has 2 rings (SSSR count). The minimum Gasteiger partial charge on any atom is -0.303 e. The van der Waals surface area contributed by atoms with Gasteiger partial charge in [0.15, 0.2) is 0 Å². The zero-order valence-electron chi connectivity index (χ0n) is 9.84. The monoisotopic (exact) mass is 206 g/mol. The molecule has 0 spiro atoms. The van der Waals surface area contributed by atoms with Crippen molar-refractivity contribution in [3.63, 3.8) is 0 Å². The first-order chi connectivity index (χ1) is 7.26. The largest absolute Gasteiger partial charge is 0.303 e. The summed E-state index contributed by atoms with van der Waals surface area (Å²) in [6.07, 6.45) is 10.3. The second-order valence-electron chi connectivity index (χ2n) is 5.54. The Balaban J connectivity index is 1.81. The Bertz CT molecular complexity index is 244. The van der Waals surface area contributed by atoms with Gasteiger partial charge in [-0.05, 0) is 38.1 Å². The second-order valence-corrected chi connectivity index (χ2v) is 5.54. The van der Waals surface area contributed by atoms with E-state index in [-0.39, 0.29) is 0 Å². The first kappa shape index (κ1) is 11.0. The molecule has 0 heterocycles. The van der Waals surface area contributed by atoms with Crippen LogP contribution in [0.3, 0.4) is 0 Å². The van der Waals surface area contributed by atoms with Crippen LogP contribution in [0.4, 0.5) is 0 Å². The van der Waals surface area contributed by atoms with Gasteiger partial charge >= 0.3 is 0 Å². The summed E-state index contributed by atoms with van der Waals surface area (Å²) in [4.78, 5) is 2.53. The van der Waals surface area contributed by atoms with Gasteiger partial charge in [-0.2, -0.15) is 5.26 Å². The summed E-state index contributed by atoms with van der Waals surface area (Å²) in [6, 6.07) is 3.15. The lowest BCUT2D eigenvalue weighted by Gasteiger charge is -2.33. The summed E-state index contributed by atoms with van der Waals surface area (Å²) in [5.41, 5.74) is 0.390. The van der Waals surface area contributed by atoms with Gasteiger partial charge in [0, 0.05) is 19.0 Å². The Morgan fingerprint density at radius 2 is 1.93 bits per heavy atom. The van der Waals surface area contributed by atoms with Gasteiger partial charge in [0.1, 0.15) is 0 Å². The van der Waals surface area contributed by atoms with Crippen LogP contribution in [-0.4, -0.2) is 24.5 Å². The molecule has 2 saturated carbocycles. The van der Waals surface area contributed by atoms with Crippen LogP contribution in [0.5, 0.6) is 0 Å². The lowest BCUT2D eigenvalue weighted by molar-refractivity contribution is 0.160. The molecule has 0 aromatic heterocycles. The first-order valence-corrected chi connectivity index (χ1v) is 6.33. The van der Waals surface area contributed by atoms with Gasteiger partial charge in [-0.3, -0.25) is 0 Å². The fourth-order valence-corrected chi connectivity index (χ4v) is 2.92. The maximum absolute atomic E-state index is 8.80. The molecule has 0 unspecified atom stereocenters. The molecule has 0 aliphatic heterocycles. The molecule has 0 radical (unpaired) electrons. The fourth-order valence-electron chi connectivity index (χ4n) is 2.92. The lowest BCUT2D eigenvalue weighted by Crippen LogP contribution is -2.37. The summed E-state index contributed by atoms with van der Waals surface area (Å²) < 4.78 is 0. The van der Waals surface area contributed by atoms with Crippen molar-refractivity contribution in [3.05, 3.63) is 0 Å². The molecule has 2 fully saturated rings. The van der Waals surface area contributed by atoms with E-state index in [0.717, 1.165) is 19.0 Å². The van der Waals surface area contributed by atoms with E-state index in [4.69, 9.17) is 5.26 Å². The number of hydrogen-bond acceptors (Lipinski definition) is 2. The number of nitriles is 1. The van der Waals surface area contributed by atoms with Crippen molar-refractivity contribution in [2.45, 2.75) is 57.4 Å². The molecule has 0 aromatic rings. The smallest absolute Gasteiger partial charge is 0.0628 e. The van der Waals surface area contributed by atoms with Gasteiger partial charge in [-0.15, -0.1) is 0 Å². The van der Waals surface area contributed by atoms with Crippen LogP contribution >= 0.6 is 0 Å². The van der Waals surface area contributed by atoms with Gasteiger partial charge < -0.3 is 4.90 Å². The molecular weight excluding hydrogens is 184 g/mol. The molecule has 2 nitrogen and oxygen atoms in total. The minimum atomic E-state index is 0.390. The van der Waals surface area contributed by atoms with E-state index in [0.29, 0.717) is 5.41 Å². The molecule has 2 aliphatic rings. The highest BCUT2D eigenvalue weighted by molar-refractivity contribution is 5.01. The van der Waals surface area contributed by atoms with Crippen LogP contribution < -0.4 is 0 Å². The van der Waals surface area contributed by atoms with Gasteiger partial charge in [0.2, 0.25) is 0 Å². The van der Waals surface area contributed by atoms with Crippen LogP contribution in [0, 0.1) is 16.7 Å². The zero-order valence-corrected chi connectivity index (χ0v) is 9.84. The second kappa shape index (κ2) is 4.53. The molecule has 0 aromatic carbocycles. The SMILES string of the molecule is CN(CC1(CC#N)CC1)C1CCCCC1. The molecule has 0 bridgehead atoms. The van der Waals surface area contributed by atoms with Gasteiger partial charge in [0.05, 0.1) is 6.07 Å². The summed E-state index contributed by atoms with van der Waals surface area (Å²) >= 11 is 0. The topological polar surface area (TPSA) is 27.0 Å². The molecule has 0 saturated heterocycles. The van der Waals surface area contributed by atoms with Crippen LogP contribution in [0.1, 0.15) is 51.4 Å². The van der Waals surface area contributed by atoms with Crippen LogP contribution in [0.2, 0.25) is 0 Å². The minimum absolute atomic E-state index is 0.390. The Morgan fingerprint density at radius 3 is 2.47 bits per heavy atom. The van der Waals surface area contributed by atoms with E-state index in [9.17, 15) is 0 Å². The van der Waals surface area contributed by atoms with Crippen molar-refractivity contribution in [2.75, 3.05) is 13.6 Å². The zero-order chi connectivity index (χ0) is 10.7. The standard InChI is InChI=1S/C13H22N2/c1-15(12-5-3-2-4-6-12)11-13(7-8-13)9-10-14/h12H,2-9,11H2,1H3. The Labute approximate surface area is 93.3 Å². The molecule has 0 atom stereocenters. The van der Waals surface area contributed by atoms with E-state index in [1.807, 2.05) is 0 Å². The molecule has 84 valence electrons. The summed E-state index contributed by atoms with van der Waals surface area (Å²) in [6.45, 7) is 1.16. The fraction of sp³-hybridized carbons (Fsp3) is 0.923. The van der Waals surface area contributed by atoms with Gasteiger partial charge in [-0.25, -0.2) is 0 Å². The Morgan fingerprint density at radius 1 is 1.27 bits per heavy atom. The molecule has 2 heteroatoms. The molecule has 2 aliphatic carbocycles. The lowest BCUT2D eigenvalue weighted by atomic mass is 9.93. The normalized spacial score (nSPS) is 25.1. The average Bonchev–Trinajstić information content (AvgIpc) is 3.00. The van der Waals surface area contributed by atoms with Crippen LogP contribution in [0.15, 0.2) is 0 Å². The third-order valence-corrected chi connectivity index (χ3v) is 4.19. The molecule has 15 heavy (non-hydrogen) atoms. The first-order valence-electron chi connectivity index (χ1n) is 6.33. The third kappa shape index (κ3) is 2.72. The predicted octanol–water partition coefficient (Wildman–Crippen LogP) is 2.94. The van der Waals surface area contributed by atoms with Crippen LogP contribution in [-0.2, 0) is 0 Å². The van der Waals surface area contributed by atoms with E-state index >= 15 is 0 Å². The summed E-state index contributed by atoms with van der Waals surface area (Å²) in [5.74, 6) is 0. The highest BCUT2D eigenvalue weighted by atomic mass is 15.1. The number of nitrogens with zero attached hydrogens (tertiary/aromatic N) is 2. The Kier molecular flexibility index (Phi) is 3.31. The summed E-state index contributed by atoms with van der Waals surface area (Å²) in [7, 11) is 2.26. The van der Waals surface area contributed by atoms with Crippen molar-refractivity contribution in [1.29, 1.82) is 5.26 Å². The van der Waals surface area contributed by atoms with Crippen molar-refractivity contribution in [1.82, 2.24) is 4.90 Å². The third-order valence-electron chi connectivity index (χ3n) is 4.19. The van der Waals surface area contributed by atoms with E-state index < -0.39 is 0 Å². The molecule has 0 amide bonds. The van der Waals surface area contributed by atoms with Crippen molar-refractivity contribution in [3.8, 4) is 6.07 Å². The predicted molar refractivity (Wildman–Crippen MR) is 61.4 cm³/mol. The maximum Gasteiger partial charge on any atom is 0.0628 e. The molecule has 0 N–H and O–H groups in total. The number of hydrogen-bond donors (Lipinski definition) is 0. The number of rotatable bonds is 4. The average molecular weight is 206 g/mol. The highest BCUT2D eigenvalue weighted by Gasteiger charge is 2.43. The van der Waals surface area contributed by atoms with E-state index in [2.05, 4.69) is 18.0 Å². The maximum atomic E-state index is 8.80. The van der Waals surface area contributed by atoms with Crippen molar-refractivity contribution < 1.29 is 0 Å². The van der Waals surface area contributed by atoms with E-state index in [1.165, 1.54) is 44.9 Å². The molecular formula is C13H22N2. The van der Waals surface area contributed by atoms with E-state index in [1.54, 1.807) is 0 Å². The van der Waals surface area contributed by atoms with Gasteiger partial charge in [-0.1, -0.05) is 19.3 Å². The van der Waals surface area contributed by atoms with Crippen LogP contribution in [0.25, 0.3) is 0 Å². The van der Waals surface area contributed by atoms with Crippen molar-refractivity contribution in [2.24, 2.45) is 5.41 Å². The summed E-state index contributed by atoms with van der Waals surface area (Å²) in [5, 5.41) is 8.80. The van der Waals surface area contributed by atoms with Gasteiger partial charge in [0.25, 0.3) is 0 Å². The Hall–Kier alpha value is -0.550. The highest BCUT2D eigenvalue weighted by Crippen LogP contribution is 2.49.